The SMILES string of the molecule is CCC(C)C(N)C(=O)NCc1ccc(OCc2cccc(F)c2)cc1.Cl. The first kappa shape index (κ1) is 21.9. The van der Waals surface area contributed by atoms with Crippen LogP contribution in [0.2, 0.25) is 0 Å². The second-order valence-corrected chi connectivity index (χ2v) is 6.19. The number of hydrogen-bond acceptors (Lipinski definition) is 3. The van der Waals surface area contributed by atoms with Crippen LogP contribution < -0.4 is 15.8 Å². The molecule has 0 aliphatic rings. The Balaban J connectivity index is 0.00000338. The van der Waals surface area contributed by atoms with E-state index in [0.29, 0.717) is 18.9 Å². The first-order chi connectivity index (χ1) is 12.0. The van der Waals surface area contributed by atoms with Crippen molar-refractivity contribution in [3.63, 3.8) is 0 Å². The molecular formula is C20H26ClFN2O2. The maximum Gasteiger partial charge on any atom is 0.237 e. The number of carbonyl (C=O) groups excluding carboxylic acids is 1. The molecule has 2 atom stereocenters. The molecule has 2 rings (SSSR count). The lowest BCUT2D eigenvalue weighted by Crippen LogP contribution is -2.44. The summed E-state index contributed by atoms with van der Waals surface area (Å²) in [5.41, 5.74) is 7.64. The summed E-state index contributed by atoms with van der Waals surface area (Å²) in [7, 11) is 0. The standard InChI is InChI=1S/C20H25FN2O2.ClH/c1-3-14(2)19(22)20(24)23-12-15-7-9-18(10-8-15)25-13-16-5-4-6-17(21)11-16;/h4-11,14,19H,3,12-13,22H2,1-2H3,(H,23,24);1H. The maximum absolute atomic E-state index is 13.1. The Morgan fingerprint density at radius 3 is 2.50 bits per heavy atom. The molecular weight excluding hydrogens is 355 g/mol. The summed E-state index contributed by atoms with van der Waals surface area (Å²) in [4.78, 5) is 12.0. The van der Waals surface area contributed by atoms with E-state index in [1.807, 2.05) is 44.2 Å². The van der Waals surface area contributed by atoms with E-state index >= 15 is 0 Å². The second-order valence-electron chi connectivity index (χ2n) is 6.19. The van der Waals surface area contributed by atoms with Gasteiger partial charge in [0.05, 0.1) is 6.04 Å². The fourth-order valence-corrected chi connectivity index (χ4v) is 2.32. The Morgan fingerprint density at radius 1 is 1.19 bits per heavy atom. The summed E-state index contributed by atoms with van der Waals surface area (Å²) in [5, 5.41) is 2.85. The van der Waals surface area contributed by atoms with Gasteiger partial charge in [0.2, 0.25) is 5.91 Å². The smallest absolute Gasteiger partial charge is 0.237 e. The van der Waals surface area contributed by atoms with Crippen molar-refractivity contribution >= 4 is 18.3 Å². The molecule has 1 amide bonds. The van der Waals surface area contributed by atoms with Crippen molar-refractivity contribution in [1.82, 2.24) is 5.32 Å². The van der Waals surface area contributed by atoms with E-state index in [1.165, 1.54) is 12.1 Å². The van der Waals surface area contributed by atoms with Crippen LogP contribution in [-0.2, 0) is 17.9 Å². The van der Waals surface area contributed by atoms with Crippen molar-refractivity contribution in [2.45, 2.75) is 39.5 Å². The summed E-state index contributed by atoms with van der Waals surface area (Å²) < 4.78 is 18.8. The van der Waals surface area contributed by atoms with E-state index < -0.39 is 6.04 Å². The van der Waals surface area contributed by atoms with E-state index in [4.69, 9.17) is 10.5 Å². The van der Waals surface area contributed by atoms with Gasteiger partial charge in [-0.05, 0) is 41.3 Å². The lowest BCUT2D eigenvalue weighted by atomic mass is 9.99. The quantitative estimate of drug-likeness (QED) is 0.731. The van der Waals surface area contributed by atoms with E-state index in [9.17, 15) is 9.18 Å². The molecule has 0 aliphatic heterocycles. The van der Waals surface area contributed by atoms with E-state index in [-0.39, 0.29) is 30.0 Å². The van der Waals surface area contributed by atoms with Crippen molar-refractivity contribution < 1.29 is 13.9 Å². The summed E-state index contributed by atoms with van der Waals surface area (Å²) >= 11 is 0. The average Bonchev–Trinajstić information content (AvgIpc) is 2.64. The fraction of sp³-hybridized carbons (Fsp3) is 0.350. The second kappa shape index (κ2) is 10.8. The Hall–Kier alpha value is -2.11. The summed E-state index contributed by atoms with van der Waals surface area (Å²) in [6, 6.07) is 13.3. The zero-order valence-electron chi connectivity index (χ0n) is 15.1. The highest BCUT2D eigenvalue weighted by Gasteiger charge is 2.18. The predicted molar refractivity (Wildman–Crippen MR) is 104 cm³/mol. The number of hydrogen-bond donors (Lipinski definition) is 2. The average molecular weight is 381 g/mol. The number of rotatable bonds is 8. The van der Waals surface area contributed by atoms with Gasteiger partial charge in [-0.25, -0.2) is 4.39 Å². The van der Waals surface area contributed by atoms with Gasteiger partial charge in [0, 0.05) is 6.54 Å². The van der Waals surface area contributed by atoms with Crippen LogP contribution in [0.5, 0.6) is 5.75 Å². The van der Waals surface area contributed by atoms with Crippen molar-refractivity contribution in [2.75, 3.05) is 0 Å². The van der Waals surface area contributed by atoms with Crippen LogP contribution in [0.1, 0.15) is 31.4 Å². The largest absolute Gasteiger partial charge is 0.489 e. The third-order valence-electron chi connectivity index (χ3n) is 4.24. The number of ether oxygens (including phenoxy) is 1. The van der Waals surface area contributed by atoms with Crippen LogP contribution in [-0.4, -0.2) is 11.9 Å². The van der Waals surface area contributed by atoms with Crippen molar-refractivity contribution in [1.29, 1.82) is 0 Å². The van der Waals surface area contributed by atoms with Crippen LogP contribution in [0.25, 0.3) is 0 Å². The van der Waals surface area contributed by atoms with Gasteiger partial charge >= 0.3 is 0 Å². The van der Waals surface area contributed by atoms with Gasteiger partial charge in [0.25, 0.3) is 0 Å². The number of carbonyl (C=O) groups is 1. The first-order valence-electron chi connectivity index (χ1n) is 8.49. The lowest BCUT2D eigenvalue weighted by molar-refractivity contribution is -0.123. The van der Waals surface area contributed by atoms with Crippen LogP contribution in [0.15, 0.2) is 48.5 Å². The molecule has 2 aromatic rings. The molecule has 0 bridgehead atoms. The minimum absolute atomic E-state index is 0. The third-order valence-corrected chi connectivity index (χ3v) is 4.24. The van der Waals surface area contributed by atoms with Crippen LogP contribution in [0.4, 0.5) is 4.39 Å². The zero-order valence-corrected chi connectivity index (χ0v) is 15.9. The number of benzene rings is 2. The normalized spacial score (nSPS) is 12.6. The molecule has 6 heteroatoms. The molecule has 3 N–H and O–H groups in total. The van der Waals surface area contributed by atoms with Crippen molar-refractivity contribution in [3.8, 4) is 5.75 Å². The van der Waals surface area contributed by atoms with Crippen molar-refractivity contribution in [2.24, 2.45) is 11.7 Å². The van der Waals surface area contributed by atoms with Gasteiger partial charge < -0.3 is 15.8 Å². The zero-order chi connectivity index (χ0) is 18.2. The minimum atomic E-state index is -0.487. The van der Waals surface area contributed by atoms with Gasteiger partial charge in [-0.15, -0.1) is 12.4 Å². The number of halogens is 2. The predicted octanol–water partition coefficient (Wildman–Crippen LogP) is 3.82. The minimum Gasteiger partial charge on any atom is -0.489 e. The summed E-state index contributed by atoms with van der Waals surface area (Å²) in [6.07, 6.45) is 0.867. The molecule has 2 unspecified atom stereocenters. The lowest BCUT2D eigenvalue weighted by Gasteiger charge is -2.17. The molecule has 2 aromatic carbocycles. The summed E-state index contributed by atoms with van der Waals surface area (Å²) in [5.74, 6) is 0.429. The molecule has 0 spiro atoms. The molecule has 0 radical (unpaired) electrons. The Labute approximate surface area is 160 Å². The fourth-order valence-electron chi connectivity index (χ4n) is 2.32. The Morgan fingerprint density at radius 2 is 1.88 bits per heavy atom. The number of nitrogens with one attached hydrogen (secondary N) is 1. The molecule has 26 heavy (non-hydrogen) atoms. The van der Waals surface area contributed by atoms with Crippen molar-refractivity contribution in [3.05, 3.63) is 65.5 Å². The molecule has 0 aliphatic carbocycles. The van der Waals surface area contributed by atoms with Gasteiger partial charge in [-0.3, -0.25) is 4.79 Å². The number of amides is 1. The van der Waals surface area contributed by atoms with E-state index in [1.54, 1.807) is 6.07 Å². The highest BCUT2D eigenvalue weighted by Crippen LogP contribution is 2.15. The van der Waals surface area contributed by atoms with Crippen LogP contribution in [0.3, 0.4) is 0 Å². The summed E-state index contributed by atoms with van der Waals surface area (Å²) in [6.45, 7) is 4.71. The molecule has 0 fully saturated rings. The number of nitrogens with two attached hydrogens (primary N) is 1. The molecule has 142 valence electrons. The van der Waals surface area contributed by atoms with E-state index in [0.717, 1.165) is 17.5 Å². The molecule has 0 saturated heterocycles. The first-order valence-corrected chi connectivity index (χ1v) is 8.49. The van der Waals surface area contributed by atoms with Gasteiger partial charge in [0.1, 0.15) is 18.2 Å². The maximum atomic E-state index is 13.1. The monoisotopic (exact) mass is 380 g/mol. The molecule has 4 nitrogen and oxygen atoms in total. The molecule has 0 heterocycles. The molecule has 0 aromatic heterocycles. The van der Waals surface area contributed by atoms with Gasteiger partial charge in [0.15, 0.2) is 0 Å². The van der Waals surface area contributed by atoms with Gasteiger partial charge in [-0.1, -0.05) is 44.5 Å². The topological polar surface area (TPSA) is 64.4 Å². The van der Waals surface area contributed by atoms with Crippen LogP contribution in [0, 0.1) is 11.7 Å². The van der Waals surface area contributed by atoms with Crippen LogP contribution >= 0.6 is 12.4 Å². The highest BCUT2D eigenvalue weighted by atomic mass is 35.5. The van der Waals surface area contributed by atoms with Gasteiger partial charge in [-0.2, -0.15) is 0 Å². The highest BCUT2D eigenvalue weighted by molar-refractivity contribution is 5.85. The van der Waals surface area contributed by atoms with E-state index in [2.05, 4.69) is 5.32 Å². The third kappa shape index (κ3) is 6.65. The molecule has 0 saturated carbocycles. The Bertz CT molecular complexity index is 694. The Kier molecular flexibility index (Phi) is 9.10.